The van der Waals surface area contributed by atoms with Crippen LogP contribution >= 0.6 is 0 Å². The molecule has 0 saturated carbocycles. The molecule has 0 aromatic heterocycles. The number of hydrogen-bond donors (Lipinski definition) is 0. The van der Waals surface area contributed by atoms with E-state index in [1.165, 1.54) is 11.8 Å². The molecule has 0 spiro atoms. The van der Waals surface area contributed by atoms with E-state index in [4.69, 9.17) is 4.74 Å². The maximum atomic E-state index is 14.1. The van der Waals surface area contributed by atoms with Gasteiger partial charge in [-0.25, -0.2) is 4.39 Å². The number of carbonyl (C=O) groups is 1. The first-order chi connectivity index (χ1) is 17.6. The number of rotatable bonds is 10. The molecule has 0 aliphatic carbocycles. The van der Waals surface area contributed by atoms with Crippen molar-refractivity contribution in [1.82, 2.24) is 4.90 Å². The number of hydrogen-bond acceptors (Lipinski definition) is 4. The molecule has 0 N–H and O–H groups in total. The summed E-state index contributed by atoms with van der Waals surface area (Å²) < 4.78 is 19.6. The van der Waals surface area contributed by atoms with Crippen LogP contribution in [-0.2, 0) is 14.9 Å². The van der Waals surface area contributed by atoms with Crippen molar-refractivity contribution in [3.63, 3.8) is 0 Å². The molecule has 0 bridgehead atoms. The zero-order chi connectivity index (χ0) is 25.4. The molecule has 1 aliphatic heterocycles. The van der Waals surface area contributed by atoms with E-state index >= 15 is 0 Å². The first-order valence-electron chi connectivity index (χ1n) is 13.1. The van der Waals surface area contributed by atoms with Gasteiger partial charge in [0.2, 0.25) is 0 Å². The van der Waals surface area contributed by atoms with E-state index in [0.29, 0.717) is 12.2 Å². The maximum absolute atomic E-state index is 14.1. The van der Waals surface area contributed by atoms with E-state index in [9.17, 15) is 9.18 Å². The van der Waals surface area contributed by atoms with E-state index < -0.39 is 5.41 Å². The van der Waals surface area contributed by atoms with Crippen LogP contribution in [0.15, 0.2) is 78.9 Å². The average molecular weight is 489 g/mol. The van der Waals surface area contributed by atoms with Crippen molar-refractivity contribution in [2.45, 2.75) is 38.5 Å². The minimum Gasteiger partial charge on any atom is -0.465 e. The molecule has 1 heterocycles. The minimum absolute atomic E-state index is 0.109. The monoisotopic (exact) mass is 488 g/mol. The maximum Gasteiger partial charge on any atom is 0.316 e. The molecule has 3 aromatic carbocycles. The molecular formula is C31H37FN2O2. The Hall–Kier alpha value is -3.18. The highest BCUT2D eigenvalue weighted by Crippen LogP contribution is 2.35. The summed E-state index contributed by atoms with van der Waals surface area (Å²) in [7, 11) is 0. The van der Waals surface area contributed by atoms with Crippen molar-refractivity contribution in [1.29, 1.82) is 0 Å². The Bertz CT molecular complexity index is 1110. The molecule has 4 nitrogen and oxygen atoms in total. The van der Waals surface area contributed by atoms with Gasteiger partial charge in [0.25, 0.3) is 0 Å². The number of ether oxygens (including phenoxy) is 1. The molecule has 36 heavy (non-hydrogen) atoms. The fourth-order valence-corrected chi connectivity index (χ4v) is 5.30. The Morgan fingerprint density at radius 1 is 0.889 bits per heavy atom. The lowest BCUT2D eigenvalue weighted by molar-refractivity contribution is -0.150. The summed E-state index contributed by atoms with van der Waals surface area (Å²) in [6, 6.07) is 25.2. The standard InChI is InChI=1S/C31H37FN2O2/c1-3-31(30(35)36-4-2,26-11-6-5-7-12-26)19-10-20-33-21-23-34(24-22-33)27-17-15-25(16-18-27)28-13-8-9-14-29(28)32/h5-9,11-18H,3-4,10,19-24H2,1-2H3. The van der Waals surface area contributed by atoms with Crippen molar-refractivity contribution < 1.29 is 13.9 Å². The van der Waals surface area contributed by atoms with E-state index in [2.05, 4.69) is 41.0 Å². The quantitative estimate of drug-likeness (QED) is 0.313. The molecular weight excluding hydrogens is 451 g/mol. The van der Waals surface area contributed by atoms with Crippen LogP contribution in [0, 0.1) is 5.82 Å². The number of halogens is 1. The van der Waals surface area contributed by atoms with Crippen molar-refractivity contribution >= 4 is 11.7 Å². The van der Waals surface area contributed by atoms with Gasteiger partial charge in [-0.2, -0.15) is 0 Å². The van der Waals surface area contributed by atoms with Gasteiger partial charge in [-0.15, -0.1) is 0 Å². The zero-order valence-corrected chi connectivity index (χ0v) is 21.5. The van der Waals surface area contributed by atoms with Gasteiger partial charge >= 0.3 is 5.97 Å². The molecule has 1 saturated heterocycles. The fraction of sp³-hybridized carbons (Fsp3) is 0.387. The van der Waals surface area contributed by atoms with Crippen molar-refractivity contribution in [3.8, 4) is 11.1 Å². The summed E-state index contributed by atoms with van der Waals surface area (Å²) in [5.74, 6) is -0.302. The Labute approximate surface area is 214 Å². The van der Waals surface area contributed by atoms with Gasteiger partial charge in [-0.05, 0) is 62.1 Å². The highest BCUT2D eigenvalue weighted by molar-refractivity contribution is 5.83. The minimum atomic E-state index is -0.584. The van der Waals surface area contributed by atoms with Crippen molar-refractivity contribution in [2.24, 2.45) is 0 Å². The number of piperazine rings is 1. The smallest absolute Gasteiger partial charge is 0.316 e. The summed E-state index contributed by atoms with van der Waals surface area (Å²) >= 11 is 0. The van der Waals surface area contributed by atoms with Crippen LogP contribution in [0.1, 0.15) is 38.7 Å². The van der Waals surface area contributed by atoms with Gasteiger partial charge in [-0.3, -0.25) is 9.69 Å². The van der Waals surface area contributed by atoms with Crippen molar-refractivity contribution in [3.05, 3.63) is 90.2 Å². The van der Waals surface area contributed by atoms with Crippen LogP contribution in [0.2, 0.25) is 0 Å². The Balaban J connectivity index is 1.32. The third kappa shape index (κ3) is 5.79. The third-order valence-electron chi connectivity index (χ3n) is 7.46. The normalized spacial score (nSPS) is 15.9. The molecule has 0 radical (unpaired) electrons. The lowest BCUT2D eigenvalue weighted by Gasteiger charge is -2.37. The largest absolute Gasteiger partial charge is 0.465 e. The first kappa shape index (κ1) is 25.9. The molecule has 3 aromatic rings. The summed E-state index contributed by atoms with van der Waals surface area (Å²) in [4.78, 5) is 17.9. The number of esters is 1. The summed E-state index contributed by atoms with van der Waals surface area (Å²) in [6.07, 6.45) is 2.45. The van der Waals surface area contributed by atoms with Crippen LogP contribution in [-0.4, -0.2) is 50.2 Å². The second-order valence-electron chi connectivity index (χ2n) is 9.48. The molecule has 1 atom stereocenters. The van der Waals surface area contributed by atoms with Gasteiger partial charge in [0, 0.05) is 37.4 Å². The van der Waals surface area contributed by atoms with Crippen LogP contribution in [0.3, 0.4) is 0 Å². The Morgan fingerprint density at radius 2 is 1.56 bits per heavy atom. The molecule has 1 fully saturated rings. The van der Waals surface area contributed by atoms with Crippen molar-refractivity contribution in [2.75, 3.05) is 44.2 Å². The average Bonchev–Trinajstić information content (AvgIpc) is 2.93. The van der Waals surface area contributed by atoms with E-state index in [0.717, 1.165) is 63.1 Å². The zero-order valence-electron chi connectivity index (χ0n) is 21.5. The predicted molar refractivity (Wildman–Crippen MR) is 145 cm³/mol. The number of nitrogens with zero attached hydrogens (tertiary/aromatic N) is 2. The van der Waals surface area contributed by atoms with Gasteiger partial charge in [-0.1, -0.05) is 67.6 Å². The molecule has 4 rings (SSSR count). The third-order valence-corrected chi connectivity index (χ3v) is 7.46. The fourth-order valence-electron chi connectivity index (χ4n) is 5.30. The van der Waals surface area contributed by atoms with Gasteiger partial charge in [0.1, 0.15) is 5.82 Å². The number of carbonyl (C=O) groups excluding carboxylic acids is 1. The topological polar surface area (TPSA) is 32.8 Å². The van der Waals surface area contributed by atoms with Gasteiger partial charge in [0.05, 0.1) is 12.0 Å². The molecule has 1 aliphatic rings. The van der Waals surface area contributed by atoms with E-state index in [1.54, 1.807) is 6.07 Å². The molecule has 190 valence electrons. The van der Waals surface area contributed by atoms with Crippen LogP contribution < -0.4 is 4.90 Å². The summed E-state index contributed by atoms with van der Waals surface area (Å²) in [5.41, 5.74) is 3.17. The number of benzene rings is 3. The second kappa shape index (κ2) is 12.2. The van der Waals surface area contributed by atoms with Crippen LogP contribution in [0.4, 0.5) is 10.1 Å². The lowest BCUT2D eigenvalue weighted by Crippen LogP contribution is -2.47. The van der Waals surface area contributed by atoms with E-state index in [1.807, 2.05) is 49.4 Å². The van der Waals surface area contributed by atoms with E-state index in [-0.39, 0.29) is 11.8 Å². The predicted octanol–water partition coefficient (Wildman–Crippen LogP) is 6.31. The molecule has 0 amide bonds. The summed E-state index contributed by atoms with van der Waals surface area (Å²) in [5, 5.41) is 0. The molecule has 1 unspecified atom stereocenters. The van der Waals surface area contributed by atoms with Gasteiger partial charge in [0.15, 0.2) is 0 Å². The molecule has 5 heteroatoms. The first-order valence-corrected chi connectivity index (χ1v) is 13.1. The van der Waals surface area contributed by atoms with Gasteiger partial charge < -0.3 is 9.64 Å². The Morgan fingerprint density at radius 3 is 2.19 bits per heavy atom. The van der Waals surface area contributed by atoms with Crippen LogP contribution in [0.5, 0.6) is 0 Å². The Kier molecular flexibility index (Phi) is 8.76. The lowest BCUT2D eigenvalue weighted by atomic mass is 9.74. The summed E-state index contributed by atoms with van der Waals surface area (Å²) in [6.45, 7) is 9.20. The van der Waals surface area contributed by atoms with Crippen LogP contribution in [0.25, 0.3) is 11.1 Å². The highest BCUT2D eigenvalue weighted by atomic mass is 19.1. The highest BCUT2D eigenvalue weighted by Gasteiger charge is 2.39. The SMILES string of the molecule is CCOC(=O)C(CC)(CCCN1CCN(c2ccc(-c3ccccc3F)cc2)CC1)c1ccccc1. The second-order valence-corrected chi connectivity index (χ2v) is 9.48. The number of anilines is 1.